The Morgan fingerprint density at radius 1 is 1.21 bits per heavy atom. The molecule has 1 heterocycles. The number of hydrogen-bond donors (Lipinski definition) is 2. The van der Waals surface area contributed by atoms with Crippen LogP contribution in [0.2, 0.25) is 0 Å². The first-order chi connectivity index (χ1) is 8.72. The van der Waals surface area contributed by atoms with Crippen molar-refractivity contribution in [1.82, 2.24) is 10.3 Å². The number of hydrogen-bond acceptors (Lipinski definition) is 3. The standard InChI is InChI=1S/C16H28N2O/c1-6-13-7-8-14(17-12-13)11-16(5,19)9-10-18-15(2,3)4/h7-8,12,18-19H,6,9-11H2,1-5H3. The molecule has 3 heteroatoms. The van der Waals surface area contributed by atoms with Gasteiger partial charge in [0.2, 0.25) is 0 Å². The van der Waals surface area contributed by atoms with Gasteiger partial charge in [-0.25, -0.2) is 0 Å². The van der Waals surface area contributed by atoms with Crippen LogP contribution in [-0.4, -0.2) is 27.8 Å². The van der Waals surface area contributed by atoms with E-state index in [-0.39, 0.29) is 5.54 Å². The van der Waals surface area contributed by atoms with Crippen molar-refractivity contribution in [2.24, 2.45) is 0 Å². The summed E-state index contributed by atoms with van der Waals surface area (Å²) in [4.78, 5) is 4.41. The molecule has 3 nitrogen and oxygen atoms in total. The molecule has 0 radical (unpaired) electrons. The monoisotopic (exact) mass is 264 g/mol. The van der Waals surface area contributed by atoms with Crippen LogP contribution in [0.25, 0.3) is 0 Å². The topological polar surface area (TPSA) is 45.1 Å². The Bertz CT molecular complexity index is 377. The smallest absolute Gasteiger partial charge is 0.0687 e. The highest BCUT2D eigenvalue weighted by Gasteiger charge is 2.22. The molecule has 0 amide bonds. The SMILES string of the molecule is CCc1ccc(CC(C)(O)CCNC(C)(C)C)nc1. The minimum Gasteiger partial charge on any atom is -0.390 e. The van der Waals surface area contributed by atoms with Gasteiger partial charge in [0, 0.05) is 23.9 Å². The average Bonchev–Trinajstić information content (AvgIpc) is 2.27. The first kappa shape index (κ1) is 16.1. The summed E-state index contributed by atoms with van der Waals surface area (Å²) in [5.41, 5.74) is 1.58. The van der Waals surface area contributed by atoms with Crippen LogP contribution in [0.15, 0.2) is 18.3 Å². The average molecular weight is 264 g/mol. The lowest BCUT2D eigenvalue weighted by atomic mass is 9.95. The third kappa shape index (κ3) is 6.69. The van der Waals surface area contributed by atoms with E-state index in [0.717, 1.165) is 25.1 Å². The van der Waals surface area contributed by atoms with E-state index in [0.29, 0.717) is 6.42 Å². The van der Waals surface area contributed by atoms with E-state index in [9.17, 15) is 5.11 Å². The van der Waals surface area contributed by atoms with Crippen molar-refractivity contribution in [3.8, 4) is 0 Å². The molecule has 0 saturated heterocycles. The minimum atomic E-state index is -0.709. The Morgan fingerprint density at radius 2 is 1.89 bits per heavy atom. The van der Waals surface area contributed by atoms with Crippen LogP contribution >= 0.6 is 0 Å². The lowest BCUT2D eigenvalue weighted by Gasteiger charge is -2.26. The van der Waals surface area contributed by atoms with E-state index >= 15 is 0 Å². The van der Waals surface area contributed by atoms with Gasteiger partial charge >= 0.3 is 0 Å². The Kier molecular flexibility index (Phi) is 5.50. The summed E-state index contributed by atoms with van der Waals surface area (Å²) in [6.07, 6.45) is 4.22. The van der Waals surface area contributed by atoms with Crippen molar-refractivity contribution in [2.75, 3.05) is 6.54 Å². The molecule has 1 aromatic heterocycles. The van der Waals surface area contributed by atoms with E-state index in [4.69, 9.17) is 0 Å². The molecule has 0 bridgehead atoms. The lowest BCUT2D eigenvalue weighted by Crippen LogP contribution is -2.40. The predicted octanol–water partition coefficient (Wildman–Crippen LogP) is 2.72. The van der Waals surface area contributed by atoms with Gasteiger partial charge < -0.3 is 10.4 Å². The largest absolute Gasteiger partial charge is 0.390 e. The maximum atomic E-state index is 10.4. The number of rotatable bonds is 6. The van der Waals surface area contributed by atoms with Gasteiger partial charge in [0.05, 0.1) is 5.60 Å². The molecule has 19 heavy (non-hydrogen) atoms. The summed E-state index contributed by atoms with van der Waals surface area (Å²) < 4.78 is 0. The first-order valence-corrected chi connectivity index (χ1v) is 7.13. The lowest BCUT2D eigenvalue weighted by molar-refractivity contribution is 0.0490. The zero-order valence-corrected chi connectivity index (χ0v) is 13.0. The summed E-state index contributed by atoms with van der Waals surface area (Å²) in [6.45, 7) is 11.2. The van der Waals surface area contributed by atoms with Crippen LogP contribution in [0, 0.1) is 0 Å². The van der Waals surface area contributed by atoms with Crippen molar-refractivity contribution >= 4 is 0 Å². The number of aromatic nitrogens is 1. The van der Waals surface area contributed by atoms with E-state index in [1.54, 1.807) is 0 Å². The van der Waals surface area contributed by atoms with Gasteiger partial charge in [-0.15, -0.1) is 0 Å². The van der Waals surface area contributed by atoms with Gasteiger partial charge in [-0.05, 0) is 58.7 Å². The zero-order chi connectivity index (χ0) is 14.5. The fourth-order valence-electron chi connectivity index (χ4n) is 1.95. The molecule has 2 N–H and O–H groups in total. The van der Waals surface area contributed by atoms with E-state index in [1.807, 2.05) is 19.2 Å². The second-order valence-electron chi connectivity index (χ2n) is 6.61. The summed E-state index contributed by atoms with van der Waals surface area (Å²) in [6, 6.07) is 4.11. The van der Waals surface area contributed by atoms with Gasteiger partial charge in [-0.3, -0.25) is 4.98 Å². The van der Waals surface area contributed by atoms with Gasteiger partial charge in [0.15, 0.2) is 0 Å². The molecular weight excluding hydrogens is 236 g/mol. The molecule has 108 valence electrons. The summed E-state index contributed by atoms with van der Waals surface area (Å²) in [5, 5.41) is 13.8. The fourth-order valence-corrected chi connectivity index (χ4v) is 1.95. The van der Waals surface area contributed by atoms with Crippen LogP contribution in [0.5, 0.6) is 0 Å². The molecule has 1 aromatic rings. The third-order valence-electron chi connectivity index (χ3n) is 3.18. The highest BCUT2D eigenvalue weighted by atomic mass is 16.3. The summed E-state index contributed by atoms with van der Waals surface area (Å²) in [7, 11) is 0. The first-order valence-electron chi connectivity index (χ1n) is 7.13. The quantitative estimate of drug-likeness (QED) is 0.830. The molecule has 0 aliphatic carbocycles. The normalized spacial score (nSPS) is 15.3. The second-order valence-corrected chi connectivity index (χ2v) is 6.61. The molecule has 0 saturated carbocycles. The van der Waals surface area contributed by atoms with Gasteiger partial charge in [0.1, 0.15) is 0 Å². The van der Waals surface area contributed by atoms with E-state index in [2.05, 4.69) is 44.1 Å². The highest BCUT2D eigenvalue weighted by Crippen LogP contribution is 2.16. The molecule has 0 aromatic carbocycles. The van der Waals surface area contributed by atoms with Crippen molar-refractivity contribution in [3.63, 3.8) is 0 Å². The molecule has 0 aliphatic rings. The number of aryl methyl sites for hydroxylation is 1. The van der Waals surface area contributed by atoms with Crippen molar-refractivity contribution in [1.29, 1.82) is 0 Å². The van der Waals surface area contributed by atoms with Crippen molar-refractivity contribution in [2.45, 2.75) is 65.0 Å². The molecule has 1 atom stereocenters. The van der Waals surface area contributed by atoms with Gasteiger partial charge in [-0.2, -0.15) is 0 Å². The number of pyridine rings is 1. The van der Waals surface area contributed by atoms with Crippen molar-refractivity contribution in [3.05, 3.63) is 29.6 Å². The maximum absolute atomic E-state index is 10.4. The Labute approximate surface area is 117 Å². The van der Waals surface area contributed by atoms with Crippen LogP contribution in [0.3, 0.4) is 0 Å². The maximum Gasteiger partial charge on any atom is 0.0687 e. The van der Waals surface area contributed by atoms with Gasteiger partial charge in [0.25, 0.3) is 0 Å². The minimum absolute atomic E-state index is 0.0943. The van der Waals surface area contributed by atoms with E-state index in [1.165, 1.54) is 5.56 Å². The Balaban J connectivity index is 2.48. The zero-order valence-electron chi connectivity index (χ0n) is 13.0. The van der Waals surface area contributed by atoms with E-state index < -0.39 is 5.60 Å². The molecule has 0 fully saturated rings. The predicted molar refractivity (Wildman–Crippen MR) is 80.3 cm³/mol. The highest BCUT2D eigenvalue weighted by molar-refractivity contribution is 5.15. The summed E-state index contributed by atoms with van der Waals surface area (Å²) >= 11 is 0. The molecule has 1 rings (SSSR count). The Hall–Kier alpha value is -0.930. The van der Waals surface area contributed by atoms with Crippen molar-refractivity contribution < 1.29 is 5.11 Å². The molecule has 1 unspecified atom stereocenters. The molecule has 0 spiro atoms. The van der Waals surface area contributed by atoms with Crippen LogP contribution in [0.4, 0.5) is 0 Å². The van der Waals surface area contributed by atoms with Crippen LogP contribution < -0.4 is 5.32 Å². The molecular formula is C16H28N2O. The number of nitrogens with one attached hydrogen (secondary N) is 1. The van der Waals surface area contributed by atoms with Crippen LogP contribution in [-0.2, 0) is 12.8 Å². The van der Waals surface area contributed by atoms with Gasteiger partial charge in [-0.1, -0.05) is 13.0 Å². The fraction of sp³-hybridized carbons (Fsp3) is 0.688. The number of aliphatic hydroxyl groups is 1. The number of nitrogens with zero attached hydrogens (tertiary/aromatic N) is 1. The third-order valence-corrected chi connectivity index (χ3v) is 3.18. The molecule has 0 aliphatic heterocycles. The summed E-state index contributed by atoms with van der Waals surface area (Å²) in [5.74, 6) is 0. The Morgan fingerprint density at radius 3 is 2.37 bits per heavy atom. The second kappa shape index (κ2) is 6.49. The van der Waals surface area contributed by atoms with Crippen LogP contribution in [0.1, 0.15) is 52.3 Å².